The van der Waals surface area contributed by atoms with E-state index in [1.165, 1.54) is 0 Å². The lowest BCUT2D eigenvalue weighted by Crippen LogP contribution is -1.83. The molecule has 0 saturated heterocycles. The second-order valence-electron chi connectivity index (χ2n) is 2.50. The fourth-order valence-electron chi connectivity index (χ4n) is 1.12. The Kier molecular flexibility index (Phi) is 1.67. The van der Waals surface area contributed by atoms with Gasteiger partial charge in [0.2, 0.25) is 0 Å². The van der Waals surface area contributed by atoms with E-state index in [9.17, 15) is 0 Å². The summed E-state index contributed by atoms with van der Waals surface area (Å²) in [6.07, 6.45) is 2.78. The predicted octanol–water partition coefficient (Wildman–Crippen LogP) is 2.04. The van der Waals surface area contributed by atoms with Crippen molar-refractivity contribution in [3.63, 3.8) is 0 Å². The molecule has 0 fully saturated rings. The van der Waals surface area contributed by atoms with Crippen LogP contribution in [0.2, 0.25) is 0 Å². The number of benzene rings is 1. The van der Waals surface area contributed by atoms with Crippen molar-refractivity contribution in [1.82, 2.24) is 4.98 Å². The van der Waals surface area contributed by atoms with Gasteiger partial charge in [0.25, 0.3) is 0 Å². The van der Waals surface area contributed by atoms with Crippen LogP contribution in [0.3, 0.4) is 0 Å². The summed E-state index contributed by atoms with van der Waals surface area (Å²) in [5, 5.41) is 1.11. The van der Waals surface area contributed by atoms with Gasteiger partial charge in [-0.1, -0.05) is 6.07 Å². The number of rotatable bonds is 1. The minimum atomic E-state index is 0.828. The zero-order valence-electron chi connectivity index (χ0n) is 6.74. The number of nitrogens with zero attached hydrogens (tertiary/aromatic N) is 1. The highest BCUT2D eigenvalue weighted by Gasteiger charge is 1.94. The summed E-state index contributed by atoms with van der Waals surface area (Å²) in [7, 11) is 1.65. The maximum Gasteiger partial charge on any atom is 0.121 e. The molecule has 0 unspecified atom stereocenters. The number of methoxy groups -OCH3 is 1. The van der Waals surface area contributed by atoms with Gasteiger partial charge in [-0.15, -0.1) is 0 Å². The maximum atomic E-state index is 5.07. The van der Waals surface area contributed by atoms with Crippen molar-refractivity contribution in [3.05, 3.63) is 36.5 Å². The third-order valence-electron chi connectivity index (χ3n) is 1.76. The van der Waals surface area contributed by atoms with Gasteiger partial charge < -0.3 is 4.74 Å². The Hall–Kier alpha value is -1.57. The summed E-state index contributed by atoms with van der Waals surface area (Å²) < 4.78 is 5.07. The molecule has 2 rings (SSSR count). The van der Waals surface area contributed by atoms with Crippen molar-refractivity contribution in [2.45, 2.75) is 0 Å². The Balaban J connectivity index is 2.67. The fourth-order valence-corrected chi connectivity index (χ4v) is 1.12. The lowest BCUT2D eigenvalue weighted by Gasteiger charge is -1.99. The molecule has 0 aliphatic carbocycles. The monoisotopic (exact) mass is 158 g/mol. The van der Waals surface area contributed by atoms with Crippen LogP contribution in [0.25, 0.3) is 10.9 Å². The molecule has 2 nitrogen and oxygen atoms in total. The molecule has 0 bridgehead atoms. The molecule has 0 spiro atoms. The Bertz CT molecular complexity index is 398. The molecule has 59 valence electrons. The van der Waals surface area contributed by atoms with E-state index in [1.807, 2.05) is 24.3 Å². The highest BCUT2D eigenvalue weighted by molar-refractivity contribution is 5.79. The second-order valence-corrected chi connectivity index (χ2v) is 2.50. The van der Waals surface area contributed by atoms with E-state index in [1.54, 1.807) is 13.2 Å². The largest absolute Gasteiger partial charge is 0.497 e. The Morgan fingerprint density at radius 1 is 1.33 bits per heavy atom. The van der Waals surface area contributed by atoms with Gasteiger partial charge in [-0.05, 0) is 18.2 Å². The molecule has 0 N–H and O–H groups in total. The first-order chi connectivity index (χ1) is 5.90. The zero-order valence-corrected chi connectivity index (χ0v) is 6.74. The predicted molar refractivity (Wildman–Crippen MR) is 47.1 cm³/mol. The first kappa shape index (κ1) is 7.10. The van der Waals surface area contributed by atoms with Gasteiger partial charge in [0.15, 0.2) is 0 Å². The number of hydrogen-bond donors (Lipinski definition) is 0. The molecule has 1 aromatic carbocycles. The van der Waals surface area contributed by atoms with Crippen molar-refractivity contribution in [2.75, 3.05) is 7.11 Å². The van der Waals surface area contributed by atoms with Crippen molar-refractivity contribution in [3.8, 4) is 5.75 Å². The number of hydrogen-bond acceptors (Lipinski definition) is 2. The standard InChI is InChI=1S/C10H8NO/c1-12-9-5-4-8-3-2-6-11-10(8)7-9/h2-5,7H,1H3. The Labute approximate surface area is 70.8 Å². The third kappa shape index (κ3) is 1.11. The van der Waals surface area contributed by atoms with E-state index >= 15 is 0 Å². The highest BCUT2D eigenvalue weighted by atomic mass is 16.5. The molecule has 0 atom stereocenters. The van der Waals surface area contributed by atoms with Crippen molar-refractivity contribution in [2.24, 2.45) is 0 Å². The van der Waals surface area contributed by atoms with Gasteiger partial charge >= 0.3 is 0 Å². The van der Waals surface area contributed by atoms with Crippen LogP contribution in [0, 0.1) is 6.20 Å². The molecular formula is C10H8NO. The van der Waals surface area contributed by atoms with E-state index in [4.69, 9.17) is 4.74 Å². The molecular weight excluding hydrogens is 150 g/mol. The molecule has 0 aliphatic heterocycles. The molecule has 0 aliphatic rings. The van der Waals surface area contributed by atoms with E-state index < -0.39 is 0 Å². The second kappa shape index (κ2) is 2.81. The smallest absolute Gasteiger partial charge is 0.121 e. The van der Waals surface area contributed by atoms with Gasteiger partial charge in [-0.3, -0.25) is 0 Å². The number of aromatic nitrogens is 1. The molecule has 0 saturated carbocycles. The average molecular weight is 158 g/mol. The van der Waals surface area contributed by atoms with Crippen LogP contribution in [0.5, 0.6) is 5.75 Å². The highest BCUT2D eigenvalue weighted by Crippen LogP contribution is 2.17. The van der Waals surface area contributed by atoms with Crippen molar-refractivity contribution < 1.29 is 4.74 Å². The lowest BCUT2D eigenvalue weighted by atomic mass is 10.2. The van der Waals surface area contributed by atoms with E-state index in [0.29, 0.717) is 0 Å². The summed E-state index contributed by atoms with van der Waals surface area (Å²) in [6.45, 7) is 0. The van der Waals surface area contributed by atoms with Gasteiger partial charge in [0.1, 0.15) is 5.75 Å². The van der Waals surface area contributed by atoms with Crippen molar-refractivity contribution >= 4 is 10.9 Å². The molecule has 2 heteroatoms. The lowest BCUT2D eigenvalue weighted by molar-refractivity contribution is 0.415. The van der Waals surface area contributed by atoms with Gasteiger partial charge in [-0.2, -0.15) is 0 Å². The summed E-state index contributed by atoms with van der Waals surface area (Å²) in [4.78, 5) is 4.08. The van der Waals surface area contributed by atoms with Crippen LogP contribution in [0.1, 0.15) is 0 Å². The maximum absolute atomic E-state index is 5.07. The molecule has 1 radical (unpaired) electrons. The van der Waals surface area contributed by atoms with E-state index in [2.05, 4.69) is 11.2 Å². The van der Waals surface area contributed by atoms with Crippen LogP contribution < -0.4 is 4.74 Å². The minimum Gasteiger partial charge on any atom is -0.497 e. The molecule has 2 aromatic rings. The Morgan fingerprint density at radius 3 is 3.08 bits per heavy atom. The van der Waals surface area contributed by atoms with Crippen LogP contribution in [0.15, 0.2) is 30.3 Å². The van der Waals surface area contributed by atoms with Crippen LogP contribution in [-0.2, 0) is 0 Å². The van der Waals surface area contributed by atoms with Crippen molar-refractivity contribution in [1.29, 1.82) is 0 Å². The summed E-state index contributed by atoms with van der Waals surface area (Å²) >= 11 is 0. The summed E-state index contributed by atoms with van der Waals surface area (Å²) in [5.41, 5.74) is 0.914. The first-order valence-electron chi connectivity index (χ1n) is 3.71. The zero-order chi connectivity index (χ0) is 8.39. The number of pyridine rings is 1. The quantitative estimate of drug-likeness (QED) is 0.633. The van der Waals surface area contributed by atoms with Crippen LogP contribution in [-0.4, -0.2) is 12.1 Å². The Morgan fingerprint density at radius 2 is 2.25 bits per heavy atom. The number of ether oxygens (including phenoxy) is 1. The first-order valence-corrected chi connectivity index (χ1v) is 3.71. The third-order valence-corrected chi connectivity index (χ3v) is 1.76. The fraction of sp³-hybridized carbons (Fsp3) is 0.100. The van der Waals surface area contributed by atoms with Gasteiger partial charge in [-0.25, -0.2) is 4.98 Å². The van der Waals surface area contributed by atoms with Gasteiger partial charge in [0.05, 0.1) is 18.8 Å². The number of fused-ring (bicyclic) bond motifs is 1. The minimum absolute atomic E-state index is 0.828. The van der Waals surface area contributed by atoms with Crippen LogP contribution >= 0.6 is 0 Å². The van der Waals surface area contributed by atoms with E-state index in [0.717, 1.165) is 16.7 Å². The normalized spacial score (nSPS) is 10.1. The molecule has 1 aromatic heterocycles. The topological polar surface area (TPSA) is 22.1 Å². The SMILES string of the molecule is COc1ccc2cc[c]nc2c1. The average Bonchev–Trinajstić information content (AvgIpc) is 2.17. The van der Waals surface area contributed by atoms with Crippen LogP contribution in [0.4, 0.5) is 0 Å². The summed E-state index contributed by atoms with van der Waals surface area (Å²) in [6, 6.07) is 9.57. The molecule has 1 heterocycles. The summed E-state index contributed by atoms with van der Waals surface area (Å²) in [5.74, 6) is 0.828. The molecule has 12 heavy (non-hydrogen) atoms. The van der Waals surface area contributed by atoms with E-state index in [-0.39, 0.29) is 0 Å². The van der Waals surface area contributed by atoms with Gasteiger partial charge in [0, 0.05) is 11.5 Å². The molecule has 0 amide bonds.